The summed E-state index contributed by atoms with van der Waals surface area (Å²) in [5.41, 5.74) is 0. The van der Waals surface area contributed by atoms with E-state index in [9.17, 15) is 0 Å². The Morgan fingerprint density at radius 2 is 2.31 bits per heavy atom. The van der Waals surface area contributed by atoms with Crippen molar-refractivity contribution >= 4 is 0 Å². The smallest absolute Gasteiger partial charge is 0.241 e. The van der Waals surface area contributed by atoms with Crippen molar-refractivity contribution in [2.45, 2.75) is 20.4 Å². The number of furan rings is 1. The molecule has 0 aliphatic rings. The average Bonchev–Trinajstić information content (AvgIpc) is 2.85. The van der Waals surface area contributed by atoms with Gasteiger partial charge in [-0.05, 0) is 24.6 Å². The number of hydrogen-bond acceptors (Lipinski definition) is 5. The number of nitrogens with one attached hydrogen (secondary N) is 1. The predicted molar refractivity (Wildman–Crippen MR) is 58.5 cm³/mol. The summed E-state index contributed by atoms with van der Waals surface area (Å²) in [6.45, 7) is 5.81. The van der Waals surface area contributed by atoms with Crippen LogP contribution in [0.5, 0.6) is 0 Å². The van der Waals surface area contributed by atoms with Gasteiger partial charge in [0, 0.05) is 0 Å². The van der Waals surface area contributed by atoms with Crippen LogP contribution >= 0.6 is 0 Å². The van der Waals surface area contributed by atoms with Gasteiger partial charge in [-0.1, -0.05) is 19.0 Å². The van der Waals surface area contributed by atoms with E-state index in [2.05, 4.69) is 29.3 Å². The minimum Gasteiger partial charge on any atom is -0.461 e. The molecule has 0 saturated carbocycles. The Hall–Kier alpha value is -1.62. The van der Waals surface area contributed by atoms with Crippen molar-refractivity contribution in [2.24, 2.45) is 5.92 Å². The molecule has 16 heavy (non-hydrogen) atoms. The van der Waals surface area contributed by atoms with Gasteiger partial charge in [-0.25, -0.2) is 0 Å². The fourth-order valence-corrected chi connectivity index (χ4v) is 1.30. The van der Waals surface area contributed by atoms with E-state index in [0.717, 1.165) is 6.54 Å². The van der Waals surface area contributed by atoms with Crippen molar-refractivity contribution < 1.29 is 8.94 Å². The molecular formula is C11H15N3O2. The molecule has 2 rings (SSSR count). The van der Waals surface area contributed by atoms with Crippen LogP contribution in [0.2, 0.25) is 0 Å². The highest BCUT2D eigenvalue weighted by Gasteiger charge is 2.10. The molecule has 0 aliphatic heterocycles. The summed E-state index contributed by atoms with van der Waals surface area (Å²) in [5.74, 6) is 2.30. The molecular weight excluding hydrogens is 206 g/mol. The summed E-state index contributed by atoms with van der Waals surface area (Å²) in [7, 11) is 0. The van der Waals surface area contributed by atoms with Gasteiger partial charge in [-0.3, -0.25) is 0 Å². The zero-order chi connectivity index (χ0) is 11.4. The van der Waals surface area contributed by atoms with Crippen LogP contribution in [-0.2, 0) is 6.54 Å². The Morgan fingerprint density at radius 3 is 3.00 bits per heavy atom. The fraction of sp³-hybridized carbons (Fsp3) is 0.455. The second-order valence-corrected chi connectivity index (χ2v) is 4.01. The zero-order valence-electron chi connectivity index (χ0n) is 9.43. The minimum atomic E-state index is 0.492. The maximum Gasteiger partial charge on any atom is 0.241 e. The molecule has 0 aliphatic carbocycles. The molecule has 2 aromatic rings. The van der Waals surface area contributed by atoms with E-state index >= 15 is 0 Å². The summed E-state index contributed by atoms with van der Waals surface area (Å²) in [6.07, 6.45) is 1.59. The molecule has 0 amide bonds. The molecule has 0 spiro atoms. The largest absolute Gasteiger partial charge is 0.461 e. The van der Waals surface area contributed by atoms with Crippen molar-refractivity contribution in [3.8, 4) is 11.6 Å². The molecule has 5 nitrogen and oxygen atoms in total. The standard InChI is InChI=1S/C11H15N3O2/c1-8(2)6-12-7-10-13-11(14-16-10)9-4-3-5-15-9/h3-5,8,12H,6-7H2,1-2H3. The number of rotatable bonds is 5. The molecule has 5 heteroatoms. The molecule has 0 radical (unpaired) electrons. The van der Waals surface area contributed by atoms with Gasteiger partial charge in [0.05, 0.1) is 12.8 Å². The number of aromatic nitrogens is 2. The molecule has 0 atom stereocenters. The monoisotopic (exact) mass is 221 g/mol. The highest BCUT2D eigenvalue weighted by atomic mass is 16.5. The van der Waals surface area contributed by atoms with E-state index in [1.807, 2.05) is 0 Å². The van der Waals surface area contributed by atoms with Gasteiger partial charge in [-0.15, -0.1) is 0 Å². The molecule has 1 N–H and O–H groups in total. The number of hydrogen-bond donors (Lipinski definition) is 1. The van der Waals surface area contributed by atoms with E-state index in [-0.39, 0.29) is 0 Å². The second-order valence-electron chi connectivity index (χ2n) is 4.01. The molecule has 2 heterocycles. The van der Waals surface area contributed by atoms with Gasteiger partial charge >= 0.3 is 0 Å². The molecule has 0 fully saturated rings. The van der Waals surface area contributed by atoms with Crippen LogP contribution in [0.25, 0.3) is 11.6 Å². The maximum absolute atomic E-state index is 5.17. The van der Waals surface area contributed by atoms with E-state index < -0.39 is 0 Å². The first-order valence-electron chi connectivity index (χ1n) is 5.33. The third-order valence-electron chi connectivity index (χ3n) is 2.04. The first-order valence-corrected chi connectivity index (χ1v) is 5.33. The maximum atomic E-state index is 5.17. The van der Waals surface area contributed by atoms with Crippen molar-refractivity contribution in [2.75, 3.05) is 6.54 Å². The minimum absolute atomic E-state index is 0.492. The lowest BCUT2D eigenvalue weighted by atomic mass is 10.2. The van der Waals surface area contributed by atoms with Crippen LogP contribution in [0, 0.1) is 5.92 Å². The first kappa shape index (κ1) is 10.9. The summed E-state index contributed by atoms with van der Waals surface area (Å²) in [6, 6.07) is 3.60. The van der Waals surface area contributed by atoms with Crippen LogP contribution in [-0.4, -0.2) is 16.7 Å². The van der Waals surface area contributed by atoms with Crippen LogP contribution < -0.4 is 5.32 Å². The van der Waals surface area contributed by atoms with Crippen molar-refractivity contribution in [3.63, 3.8) is 0 Å². The lowest BCUT2D eigenvalue weighted by Gasteiger charge is -2.03. The van der Waals surface area contributed by atoms with Crippen LogP contribution in [0.3, 0.4) is 0 Å². The topological polar surface area (TPSA) is 64.1 Å². The van der Waals surface area contributed by atoms with E-state index in [4.69, 9.17) is 8.94 Å². The first-order chi connectivity index (χ1) is 7.75. The summed E-state index contributed by atoms with van der Waals surface area (Å²) >= 11 is 0. The summed E-state index contributed by atoms with van der Waals surface area (Å²) < 4.78 is 10.3. The Bertz CT molecular complexity index is 420. The normalized spacial score (nSPS) is 11.2. The van der Waals surface area contributed by atoms with Gasteiger partial charge in [0.25, 0.3) is 0 Å². The Labute approximate surface area is 93.8 Å². The quantitative estimate of drug-likeness (QED) is 0.837. The molecule has 0 saturated heterocycles. The van der Waals surface area contributed by atoms with Crippen LogP contribution in [0.15, 0.2) is 27.3 Å². The van der Waals surface area contributed by atoms with Gasteiger partial charge in [0.15, 0.2) is 5.76 Å². The highest BCUT2D eigenvalue weighted by Crippen LogP contribution is 2.15. The van der Waals surface area contributed by atoms with Gasteiger partial charge < -0.3 is 14.3 Å². The summed E-state index contributed by atoms with van der Waals surface area (Å²) in [5, 5.41) is 7.07. The van der Waals surface area contributed by atoms with Gasteiger partial charge in [0.2, 0.25) is 11.7 Å². The SMILES string of the molecule is CC(C)CNCc1nc(-c2ccco2)no1. The van der Waals surface area contributed by atoms with Crippen molar-refractivity contribution in [1.82, 2.24) is 15.5 Å². The highest BCUT2D eigenvalue weighted by molar-refractivity contribution is 5.44. The lowest BCUT2D eigenvalue weighted by molar-refractivity contribution is 0.363. The van der Waals surface area contributed by atoms with Crippen LogP contribution in [0.4, 0.5) is 0 Å². The van der Waals surface area contributed by atoms with E-state index in [0.29, 0.717) is 29.9 Å². The molecule has 0 unspecified atom stereocenters. The third kappa shape index (κ3) is 2.70. The molecule has 0 aromatic carbocycles. The predicted octanol–water partition coefficient (Wildman–Crippen LogP) is 2.08. The molecule has 0 bridgehead atoms. The van der Waals surface area contributed by atoms with Crippen molar-refractivity contribution in [3.05, 3.63) is 24.3 Å². The molecule has 2 aromatic heterocycles. The number of nitrogens with zero attached hydrogens (tertiary/aromatic N) is 2. The van der Waals surface area contributed by atoms with E-state index in [1.54, 1.807) is 18.4 Å². The Balaban J connectivity index is 1.93. The van der Waals surface area contributed by atoms with Gasteiger partial charge in [0.1, 0.15) is 0 Å². The van der Waals surface area contributed by atoms with Gasteiger partial charge in [-0.2, -0.15) is 4.98 Å². The third-order valence-corrected chi connectivity index (χ3v) is 2.04. The average molecular weight is 221 g/mol. The molecule has 86 valence electrons. The van der Waals surface area contributed by atoms with Crippen LogP contribution in [0.1, 0.15) is 19.7 Å². The second kappa shape index (κ2) is 4.94. The zero-order valence-corrected chi connectivity index (χ0v) is 9.43. The Kier molecular flexibility index (Phi) is 3.36. The Morgan fingerprint density at radius 1 is 1.44 bits per heavy atom. The van der Waals surface area contributed by atoms with Crippen molar-refractivity contribution in [1.29, 1.82) is 0 Å². The fourth-order valence-electron chi connectivity index (χ4n) is 1.30. The summed E-state index contributed by atoms with van der Waals surface area (Å²) in [4.78, 5) is 4.22. The lowest BCUT2D eigenvalue weighted by Crippen LogP contribution is -2.19. The van der Waals surface area contributed by atoms with E-state index in [1.165, 1.54) is 0 Å².